The maximum Gasteiger partial charge on any atom is 0.280 e. The number of carbonyl (C=O) groups excluding carboxylic acids is 2. The van der Waals surface area contributed by atoms with E-state index in [0.717, 1.165) is 37.6 Å². The van der Waals surface area contributed by atoms with Crippen LogP contribution in [0.4, 0.5) is 5.69 Å². The van der Waals surface area contributed by atoms with E-state index >= 15 is 0 Å². The Morgan fingerprint density at radius 3 is 2.44 bits per heavy atom. The number of hydrogen-bond acceptors (Lipinski definition) is 2. The van der Waals surface area contributed by atoms with Gasteiger partial charge in [0.2, 0.25) is 0 Å². The Labute approximate surface area is 154 Å². The summed E-state index contributed by atoms with van der Waals surface area (Å²) in [6, 6.07) is 6.76. The first-order chi connectivity index (χ1) is 11.9. The molecule has 7 heteroatoms. The SMILES string of the molecule is CC[NH+]1CCN(C(=O)[C@H](C)[NH+](C)CC(=O)Nc2ccc(Cl)cc2)CC1. The molecule has 138 valence electrons. The zero-order chi connectivity index (χ0) is 18.4. The number of hydrogen-bond donors (Lipinski definition) is 3. The van der Waals surface area contributed by atoms with Crippen LogP contribution >= 0.6 is 11.6 Å². The summed E-state index contributed by atoms with van der Waals surface area (Å²) in [5.74, 6) is 0.0201. The summed E-state index contributed by atoms with van der Waals surface area (Å²) < 4.78 is 0. The van der Waals surface area contributed by atoms with Gasteiger partial charge in [0.05, 0.1) is 39.8 Å². The van der Waals surface area contributed by atoms with Crippen molar-refractivity contribution in [3.8, 4) is 0 Å². The molecule has 0 saturated carbocycles. The minimum Gasteiger partial charge on any atom is -0.332 e. The number of carbonyl (C=O) groups is 2. The summed E-state index contributed by atoms with van der Waals surface area (Å²) in [7, 11) is 1.89. The van der Waals surface area contributed by atoms with Crippen LogP contribution in [0.25, 0.3) is 0 Å². The molecule has 0 aliphatic carbocycles. The standard InChI is InChI=1S/C18H27ClN4O2/c1-4-22-9-11-23(12-10-22)18(25)14(2)21(3)13-17(24)20-16-7-5-15(19)6-8-16/h5-8,14H,4,9-13H2,1-3H3,(H,20,24)/p+2/t14-/m0/s1. The van der Waals surface area contributed by atoms with E-state index in [1.165, 1.54) is 0 Å². The van der Waals surface area contributed by atoms with E-state index in [4.69, 9.17) is 11.6 Å². The Kier molecular flexibility index (Phi) is 7.23. The van der Waals surface area contributed by atoms with Crippen LogP contribution in [0.1, 0.15) is 13.8 Å². The average Bonchev–Trinajstić information content (AvgIpc) is 2.62. The van der Waals surface area contributed by atoms with Crippen molar-refractivity contribution < 1.29 is 19.4 Å². The molecule has 1 heterocycles. The molecule has 2 atom stereocenters. The zero-order valence-electron chi connectivity index (χ0n) is 15.3. The van der Waals surface area contributed by atoms with Gasteiger partial charge in [0.25, 0.3) is 11.8 Å². The highest BCUT2D eigenvalue weighted by atomic mass is 35.5. The van der Waals surface area contributed by atoms with E-state index in [-0.39, 0.29) is 24.4 Å². The molecule has 0 bridgehead atoms. The molecule has 0 aromatic heterocycles. The van der Waals surface area contributed by atoms with Crippen LogP contribution in [0, 0.1) is 0 Å². The number of likely N-dealkylation sites (N-methyl/N-ethyl adjacent to an activating group) is 2. The van der Waals surface area contributed by atoms with Gasteiger partial charge in [-0.1, -0.05) is 11.6 Å². The molecule has 1 aromatic carbocycles. The molecular formula is C18H29ClN4O2+2. The van der Waals surface area contributed by atoms with Gasteiger partial charge in [-0.3, -0.25) is 9.59 Å². The number of benzene rings is 1. The summed E-state index contributed by atoms with van der Waals surface area (Å²) in [6.07, 6.45) is 0. The van der Waals surface area contributed by atoms with E-state index in [9.17, 15) is 9.59 Å². The van der Waals surface area contributed by atoms with Crippen molar-refractivity contribution in [1.29, 1.82) is 0 Å². The van der Waals surface area contributed by atoms with E-state index < -0.39 is 0 Å². The van der Waals surface area contributed by atoms with Crippen molar-refractivity contribution in [1.82, 2.24) is 4.90 Å². The molecule has 3 N–H and O–H groups in total. The molecule has 1 aromatic rings. The number of nitrogens with zero attached hydrogens (tertiary/aromatic N) is 1. The second-order valence-corrected chi connectivity index (χ2v) is 7.17. The van der Waals surface area contributed by atoms with Gasteiger partial charge in [-0.25, -0.2) is 0 Å². The van der Waals surface area contributed by atoms with Gasteiger partial charge in [-0.2, -0.15) is 0 Å². The minimum atomic E-state index is -0.237. The van der Waals surface area contributed by atoms with Gasteiger partial charge in [-0.05, 0) is 38.1 Å². The Morgan fingerprint density at radius 2 is 1.88 bits per heavy atom. The molecule has 0 radical (unpaired) electrons. The van der Waals surface area contributed by atoms with Crippen LogP contribution in [0.15, 0.2) is 24.3 Å². The van der Waals surface area contributed by atoms with Crippen molar-refractivity contribution in [2.45, 2.75) is 19.9 Å². The van der Waals surface area contributed by atoms with Crippen LogP contribution in [0.3, 0.4) is 0 Å². The summed E-state index contributed by atoms with van der Waals surface area (Å²) in [4.78, 5) is 29.2. The third-order valence-electron chi connectivity index (χ3n) is 4.96. The molecular weight excluding hydrogens is 340 g/mol. The first kappa shape index (κ1) is 19.7. The number of halogens is 1. The Hall–Kier alpha value is -1.63. The lowest BCUT2D eigenvalue weighted by Crippen LogP contribution is -3.16. The third kappa shape index (κ3) is 5.70. The fourth-order valence-electron chi connectivity index (χ4n) is 3.03. The van der Waals surface area contributed by atoms with Crippen molar-refractivity contribution in [2.24, 2.45) is 0 Å². The van der Waals surface area contributed by atoms with Gasteiger partial charge in [0, 0.05) is 10.7 Å². The van der Waals surface area contributed by atoms with Crippen LogP contribution in [-0.4, -0.2) is 69.1 Å². The Balaban J connectivity index is 1.82. The maximum absolute atomic E-state index is 12.7. The summed E-state index contributed by atoms with van der Waals surface area (Å²) in [5.41, 5.74) is 0.708. The van der Waals surface area contributed by atoms with Crippen LogP contribution in [0.2, 0.25) is 5.02 Å². The highest BCUT2D eigenvalue weighted by Crippen LogP contribution is 2.12. The minimum absolute atomic E-state index is 0.111. The predicted octanol–water partition coefficient (Wildman–Crippen LogP) is -1.07. The molecule has 0 spiro atoms. The highest BCUT2D eigenvalue weighted by molar-refractivity contribution is 6.30. The van der Waals surface area contributed by atoms with E-state index in [1.54, 1.807) is 29.2 Å². The van der Waals surface area contributed by atoms with E-state index in [2.05, 4.69) is 12.2 Å². The smallest absolute Gasteiger partial charge is 0.280 e. The fourth-order valence-corrected chi connectivity index (χ4v) is 3.15. The molecule has 1 unspecified atom stereocenters. The van der Waals surface area contributed by atoms with Crippen molar-refractivity contribution >= 4 is 29.1 Å². The lowest BCUT2D eigenvalue weighted by Gasteiger charge is -2.33. The quantitative estimate of drug-likeness (QED) is 0.599. The number of rotatable bonds is 6. The summed E-state index contributed by atoms with van der Waals surface area (Å²) >= 11 is 5.84. The molecule has 2 rings (SSSR count). The third-order valence-corrected chi connectivity index (χ3v) is 5.21. The average molecular weight is 369 g/mol. The number of amides is 2. The molecule has 1 aliphatic rings. The largest absolute Gasteiger partial charge is 0.332 e. The zero-order valence-corrected chi connectivity index (χ0v) is 16.0. The van der Waals surface area contributed by atoms with Gasteiger partial charge in [0.15, 0.2) is 12.6 Å². The Bertz CT molecular complexity index is 585. The second kappa shape index (κ2) is 9.17. The number of nitrogens with one attached hydrogen (secondary N) is 3. The normalized spacial score (nSPS) is 17.8. The van der Waals surface area contributed by atoms with Crippen molar-refractivity contribution in [3.63, 3.8) is 0 Å². The molecule has 1 saturated heterocycles. The first-order valence-electron chi connectivity index (χ1n) is 8.90. The van der Waals surface area contributed by atoms with Gasteiger partial charge >= 0.3 is 0 Å². The fraction of sp³-hybridized carbons (Fsp3) is 0.556. The van der Waals surface area contributed by atoms with Gasteiger partial charge in [-0.15, -0.1) is 0 Å². The molecule has 25 heavy (non-hydrogen) atoms. The molecule has 2 amide bonds. The van der Waals surface area contributed by atoms with Gasteiger partial charge < -0.3 is 20.0 Å². The first-order valence-corrected chi connectivity index (χ1v) is 9.28. The number of quaternary nitrogens is 2. The topological polar surface area (TPSA) is 58.3 Å². The van der Waals surface area contributed by atoms with E-state index in [1.807, 2.05) is 18.9 Å². The molecule has 1 fully saturated rings. The summed E-state index contributed by atoms with van der Waals surface area (Å²) in [5, 5.41) is 3.47. The molecule has 6 nitrogen and oxygen atoms in total. The van der Waals surface area contributed by atoms with Gasteiger partial charge in [0.1, 0.15) is 0 Å². The van der Waals surface area contributed by atoms with Crippen molar-refractivity contribution in [3.05, 3.63) is 29.3 Å². The second-order valence-electron chi connectivity index (χ2n) is 6.73. The maximum atomic E-state index is 12.7. The molecule has 1 aliphatic heterocycles. The lowest BCUT2D eigenvalue weighted by molar-refractivity contribution is -0.903. The Morgan fingerprint density at radius 1 is 1.28 bits per heavy atom. The van der Waals surface area contributed by atoms with E-state index in [0.29, 0.717) is 10.7 Å². The predicted molar refractivity (Wildman–Crippen MR) is 99.1 cm³/mol. The number of anilines is 1. The van der Waals surface area contributed by atoms with Crippen LogP contribution in [-0.2, 0) is 9.59 Å². The lowest BCUT2D eigenvalue weighted by atomic mass is 10.2. The number of piperazine rings is 1. The van der Waals surface area contributed by atoms with Crippen LogP contribution in [0.5, 0.6) is 0 Å². The van der Waals surface area contributed by atoms with Crippen LogP contribution < -0.4 is 15.1 Å². The highest BCUT2D eigenvalue weighted by Gasteiger charge is 2.31. The van der Waals surface area contributed by atoms with Crippen molar-refractivity contribution in [2.75, 3.05) is 51.6 Å². The summed E-state index contributed by atoms with van der Waals surface area (Å²) in [6.45, 7) is 9.03. The monoisotopic (exact) mass is 368 g/mol.